The molecule has 0 unspecified atom stereocenters. The zero-order valence-electron chi connectivity index (χ0n) is 18.4. The molecule has 3 heterocycles. The molecule has 5 rings (SSSR count). The number of carbonyl (C=O) groups is 3. The highest BCUT2D eigenvalue weighted by atomic mass is 32.1. The van der Waals surface area contributed by atoms with Crippen LogP contribution in [0.2, 0.25) is 0 Å². The van der Waals surface area contributed by atoms with Crippen molar-refractivity contribution in [2.45, 2.75) is 32.4 Å². The van der Waals surface area contributed by atoms with Gasteiger partial charge < -0.3 is 10.2 Å². The monoisotopic (exact) mass is 460 g/mol. The lowest BCUT2D eigenvalue weighted by Crippen LogP contribution is -2.51. The summed E-state index contributed by atoms with van der Waals surface area (Å²) in [6, 6.07) is 14.3. The molecule has 0 saturated carbocycles. The molecule has 168 valence electrons. The molecule has 0 fully saturated rings. The van der Waals surface area contributed by atoms with E-state index in [9.17, 15) is 14.4 Å². The summed E-state index contributed by atoms with van der Waals surface area (Å²) in [6.07, 6.45) is 0.00552. The lowest BCUT2D eigenvalue weighted by Gasteiger charge is -2.40. The van der Waals surface area contributed by atoms with E-state index in [1.165, 1.54) is 4.90 Å². The number of amides is 3. The summed E-state index contributed by atoms with van der Waals surface area (Å²) in [5.74, 6) is -0.309. The molecular weight excluding hydrogens is 436 g/mol. The number of aromatic nitrogens is 1. The van der Waals surface area contributed by atoms with Crippen LogP contribution in [0.5, 0.6) is 0 Å². The second-order valence-corrected chi connectivity index (χ2v) is 9.45. The van der Waals surface area contributed by atoms with Gasteiger partial charge in [0.15, 0.2) is 0 Å². The van der Waals surface area contributed by atoms with Crippen LogP contribution in [-0.2, 0) is 11.2 Å². The summed E-state index contributed by atoms with van der Waals surface area (Å²) in [7, 11) is 0. The van der Waals surface area contributed by atoms with E-state index in [4.69, 9.17) is 0 Å². The lowest BCUT2D eigenvalue weighted by atomic mass is 10.0. The largest absolute Gasteiger partial charge is 0.354 e. The van der Waals surface area contributed by atoms with E-state index in [0.29, 0.717) is 35.7 Å². The van der Waals surface area contributed by atoms with Crippen LogP contribution in [0.1, 0.15) is 62.9 Å². The first-order valence-electron chi connectivity index (χ1n) is 11.0. The predicted molar refractivity (Wildman–Crippen MR) is 126 cm³/mol. The minimum Gasteiger partial charge on any atom is -0.354 e. The lowest BCUT2D eigenvalue weighted by molar-refractivity contribution is -0.122. The van der Waals surface area contributed by atoms with Gasteiger partial charge in [-0.3, -0.25) is 19.3 Å². The van der Waals surface area contributed by atoms with Gasteiger partial charge in [0.25, 0.3) is 11.8 Å². The maximum atomic E-state index is 13.4. The zero-order valence-corrected chi connectivity index (χ0v) is 19.3. The first kappa shape index (κ1) is 21.3. The highest BCUT2D eigenvalue weighted by Gasteiger charge is 2.47. The van der Waals surface area contributed by atoms with E-state index < -0.39 is 6.17 Å². The van der Waals surface area contributed by atoms with Gasteiger partial charge in [-0.2, -0.15) is 0 Å². The first-order valence-corrected chi connectivity index (χ1v) is 11.9. The Balaban J connectivity index is 1.35. The van der Waals surface area contributed by atoms with Crippen LogP contribution < -0.4 is 10.2 Å². The predicted octanol–water partition coefficient (Wildman–Crippen LogP) is 3.74. The fourth-order valence-corrected chi connectivity index (χ4v) is 5.32. The molecule has 33 heavy (non-hydrogen) atoms. The van der Waals surface area contributed by atoms with Gasteiger partial charge >= 0.3 is 0 Å². The van der Waals surface area contributed by atoms with E-state index in [1.807, 2.05) is 24.3 Å². The fraction of sp³-hybridized carbons (Fsp3) is 0.280. The Morgan fingerprint density at radius 3 is 2.55 bits per heavy atom. The average Bonchev–Trinajstić information content (AvgIpc) is 3.40. The van der Waals surface area contributed by atoms with Gasteiger partial charge in [0.1, 0.15) is 12.7 Å². The number of rotatable bonds is 6. The number of anilines is 1. The van der Waals surface area contributed by atoms with Gasteiger partial charge in [-0.05, 0) is 24.1 Å². The fourth-order valence-electron chi connectivity index (χ4n) is 4.36. The molecule has 2 aliphatic rings. The van der Waals surface area contributed by atoms with Crippen molar-refractivity contribution in [1.82, 2.24) is 15.2 Å². The van der Waals surface area contributed by atoms with Crippen LogP contribution in [0.3, 0.4) is 0 Å². The summed E-state index contributed by atoms with van der Waals surface area (Å²) in [6.45, 7) is 4.50. The van der Waals surface area contributed by atoms with Crippen LogP contribution >= 0.6 is 11.3 Å². The molecule has 3 aromatic rings. The topological polar surface area (TPSA) is 82.6 Å². The van der Waals surface area contributed by atoms with Crippen molar-refractivity contribution < 1.29 is 14.4 Å². The molecular formula is C25H24N4O3S. The highest BCUT2D eigenvalue weighted by Crippen LogP contribution is 2.44. The van der Waals surface area contributed by atoms with E-state index in [1.54, 1.807) is 40.5 Å². The number of nitrogens with one attached hydrogen (secondary N) is 1. The highest BCUT2D eigenvalue weighted by molar-refractivity contribution is 7.09. The second kappa shape index (κ2) is 8.44. The number of para-hydroxylation sites is 1. The summed E-state index contributed by atoms with van der Waals surface area (Å²) in [5.41, 5.74) is 3.36. The minimum atomic E-state index is -0.630. The third-order valence-corrected chi connectivity index (χ3v) is 6.95. The number of thiazole rings is 1. The molecule has 0 aliphatic carbocycles. The molecule has 0 spiro atoms. The van der Waals surface area contributed by atoms with Gasteiger partial charge in [-0.15, -0.1) is 11.3 Å². The van der Waals surface area contributed by atoms with E-state index in [0.717, 1.165) is 16.3 Å². The van der Waals surface area contributed by atoms with Crippen molar-refractivity contribution in [3.05, 3.63) is 81.3 Å². The first-order chi connectivity index (χ1) is 16.0. The van der Waals surface area contributed by atoms with E-state index in [-0.39, 0.29) is 24.3 Å². The van der Waals surface area contributed by atoms with Crippen LogP contribution in [0, 0.1) is 0 Å². The molecule has 7 nitrogen and oxygen atoms in total. The summed E-state index contributed by atoms with van der Waals surface area (Å²) >= 11 is 1.59. The van der Waals surface area contributed by atoms with E-state index in [2.05, 4.69) is 29.5 Å². The maximum Gasteiger partial charge on any atom is 0.260 e. The Labute approximate surface area is 196 Å². The number of hydrogen-bond acceptors (Lipinski definition) is 5. The molecule has 8 heteroatoms. The van der Waals surface area contributed by atoms with Gasteiger partial charge in [0.05, 0.1) is 22.0 Å². The SMILES string of the molecule is CC(C)c1csc(CCNC(=O)CN2C(=O)c3ccccc3N3C(=O)c4ccccc4[C@@H]23)n1. The molecule has 0 radical (unpaired) electrons. The van der Waals surface area contributed by atoms with Crippen LogP contribution in [-0.4, -0.2) is 40.7 Å². The van der Waals surface area contributed by atoms with Crippen LogP contribution in [0.15, 0.2) is 53.9 Å². The Morgan fingerprint density at radius 1 is 1.06 bits per heavy atom. The van der Waals surface area contributed by atoms with Crippen molar-refractivity contribution in [3.8, 4) is 0 Å². The number of carbonyl (C=O) groups excluding carboxylic acids is 3. The quantitative estimate of drug-likeness (QED) is 0.608. The molecule has 0 saturated heterocycles. The van der Waals surface area contributed by atoms with Gasteiger partial charge in [-0.25, -0.2) is 4.98 Å². The third-order valence-electron chi connectivity index (χ3n) is 6.02. The molecule has 1 atom stereocenters. The molecule has 0 bridgehead atoms. The number of hydrogen-bond donors (Lipinski definition) is 1. The average molecular weight is 461 g/mol. The Bertz CT molecular complexity index is 1250. The number of benzene rings is 2. The number of fused-ring (bicyclic) bond motifs is 5. The van der Waals surface area contributed by atoms with Crippen molar-refractivity contribution in [1.29, 1.82) is 0 Å². The van der Waals surface area contributed by atoms with Gasteiger partial charge in [0, 0.05) is 29.5 Å². The Morgan fingerprint density at radius 2 is 1.79 bits per heavy atom. The van der Waals surface area contributed by atoms with Crippen molar-refractivity contribution >= 4 is 34.7 Å². The molecule has 2 aromatic carbocycles. The normalized spacial score (nSPS) is 16.6. The molecule has 3 amide bonds. The Hall–Kier alpha value is -3.52. The summed E-state index contributed by atoms with van der Waals surface area (Å²) < 4.78 is 0. The van der Waals surface area contributed by atoms with Crippen LogP contribution in [0.4, 0.5) is 5.69 Å². The summed E-state index contributed by atoms with van der Waals surface area (Å²) in [5, 5.41) is 5.93. The van der Waals surface area contributed by atoms with Gasteiger partial charge in [-0.1, -0.05) is 44.2 Å². The Kier molecular flexibility index (Phi) is 5.46. The van der Waals surface area contributed by atoms with Crippen molar-refractivity contribution in [2.75, 3.05) is 18.0 Å². The third kappa shape index (κ3) is 3.70. The van der Waals surface area contributed by atoms with Crippen molar-refractivity contribution in [2.24, 2.45) is 0 Å². The maximum absolute atomic E-state index is 13.4. The number of nitrogens with zero attached hydrogens (tertiary/aromatic N) is 3. The smallest absolute Gasteiger partial charge is 0.260 e. The molecule has 1 aromatic heterocycles. The molecule has 1 N–H and O–H groups in total. The van der Waals surface area contributed by atoms with Crippen LogP contribution in [0.25, 0.3) is 0 Å². The zero-order chi connectivity index (χ0) is 23.1. The standard InChI is InChI=1S/C25H24N4O3S/c1-15(2)19-14-33-22(27-19)11-12-26-21(30)13-28-23-16-7-3-4-8-17(16)25(32)29(23)20-10-6-5-9-18(20)24(28)31/h3-10,14-15,23H,11-13H2,1-2H3,(H,26,30)/t23-/m0/s1. The van der Waals surface area contributed by atoms with E-state index >= 15 is 0 Å². The second-order valence-electron chi connectivity index (χ2n) is 8.51. The minimum absolute atomic E-state index is 0.134. The van der Waals surface area contributed by atoms with Gasteiger partial charge in [0.2, 0.25) is 5.91 Å². The van der Waals surface area contributed by atoms with Crippen molar-refractivity contribution in [3.63, 3.8) is 0 Å². The molecule has 2 aliphatic heterocycles. The summed E-state index contributed by atoms with van der Waals surface area (Å²) in [4.78, 5) is 47.1.